The molecule has 0 atom stereocenters. The van der Waals surface area contributed by atoms with Crippen LogP contribution in [0.2, 0.25) is 0 Å². The lowest BCUT2D eigenvalue weighted by Crippen LogP contribution is -2.30. The average Bonchev–Trinajstić information content (AvgIpc) is 3.06. The van der Waals surface area contributed by atoms with Gasteiger partial charge in [-0.05, 0) is 44.9 Å². The summed E-state index contributed by atoms with van der Waals surface area (Å²) in [6.07, 6.45) is 6.02. The molecule has 0 N–H and O–H groups in total. The Kier molecular flexibility index (Phi) is 3.13. The maximum atomic E-state index is 6.12. The highest BCUT2D eigenvalue weighted by molar-refractivity contribution is 6.99. The van der Waals surface area contributed by atoms with Crippen molar-refractivity contribution >= 4 is 11.7 Å². The van der Waals surface area contributed by atoms with E-state index in [0.717, 1.165) is 30.5 Å². The van der Waals surface area contributed by atoms with Crippen molar-refractivity contribution in [1.29, 1.82) is 0 Å². The monoisotopic (exact) mass is 264 g/mol. The molecule has 2 saturated carbocycles. The summed E-state index contributed by atoms with van der Waals surface area (Å²) in [5, 5.41) is 0. The van der Waals surface area contributed by atoms with E-state index in [1.165, 1.54) is 19.3 Å². The van der Waals surface area contributed by atoms with Crippen LogP contribution < -0.4 is 9.47 Å². The van der Waals surface area contributed by atoms with Gasteiger partial charge in [-0.2, -0.15) is 0 Å². The van der Waals surface area contributed by atoms with Gasteiger partial charge in [0.25, 0.3) is 11.8 Å². The van der Waals surface area contributed by atoms with Crippen molar-refractivity contribution in [1.82, 2.24) is 8.75 Å². The van der Waals surface area contributed by atoms with Crippen LogP contribution in [-0.4, -0.2) is 21.0 Å². The van der Waals surface area contributed by atoms with E-state index in [1.54, 1.807) is 6.92 Å². The number of rotatable bonds is 4. The highest BCUT2D eigenvalue weighted by Crippen LogP contribution is 2.50. The first kappa shape index (κ1) is 11.8. The Labute approximate surface area is 111 Å². The lowest BCUT2D eigenvalue weighted by molar-refractivity contribution is 0.0713. The van der Waals surface area contributed by atoms with Crippen LogP contribution in [0.3, 0.4) is 0 Å². The molecule has 0 amide bonds. The van der Waals surface area contributed by atoms with Gasteiger partial charge in [0.1, 0.15) is 5.60 Å². The van der Waals surface area contributed by atoms with Crippen LogP contribution in [0.15, 0.2) is 0 Å². The third kappa shape index (κ3) is 2.17. The van der Waals surface area contributed by atoms with Crippen molar-refractivity contribution in [2.24, 2.45) is 5.92 Å². The molecule has 0 spiro atoms. The second kappa shape index (κ2) is 4.77. The zero-order chi connectivity index (χ0) is 12.4. The standard InChI is InChI=1S/C13H16N2O2S/c1-2-3-8-16-11-12(15-18-14-11)17-13-6-4-10(9-13)5-7-13/h10H,4-9H2,1H3. The van der Waals surface area contributed by atoms with Crippen LogP contribution in [-0.2, 0) is 0 Å². The summed E-state index contributed by atoms with van der Waals surface area (Å²) in [6, 6.07) is 0. The molecule has 0 saturated heterocycles. The Morgan fingerprint density at radius 1 is 1.33 bits per heavy atom. The van der Waals surface area contributed by atoms with Gasteiger partial charge in [-0.1, -0.05) is 5.92 Å². The second-order valence-corrected chi connectivity index (χ2v) is 5.55. The highest BCUT2D eigenvalue weighted by atomic mass is 32.1. The van der Waals surface area contributed by atoms with E-state index in [0.29, 0.717) is 18.4 Å². The Morgan fingerprint density at radius 3 is 2.78 bits per heavy atom. The van der Waals surface area contributed by atoms with E-state index in [4.69, 9.17) is 9.47 Å². The van der Waals surface area contributed by atoms with Crippen molar-refractivity contribution in [2.45, 2.75) is 44.6 Å². The first-order valence-electron chi connectivity index (χ1n) is 6.35. The Bertz CT molecular complexity index is 481. The van der Waals surface area contributed by atoms with Gasteiger partial charge in [-0.15, -0.1) is 14.7 Å². The summed E-state index contributed by atoms with van der Waals surface area (Å²) in [5.74, 6) is 7.54. The van der Waals surface area contributed by atoms with E-state index in [1.807, 2.05) is 0 Å². The molecule has 96 valence electrons. The predicted molar refractivity (Wildman–Crippen MR) is 68.8 cm³/mol. The predicted octanol–water partition coefficient (Wildman–Crippen LogP) is 2.65. The zero-order valence-corrected chi connectivity index (χ0v) is 11.3. The quantitative estimate of drug-likeness (QED) is 0.784. The third-order valence-corrected chi connectivity index (χ3v) is 4.37. The maximum Gasteiger partial charge on any atom is 0.292 e. The molecule has 2 aliphatic carbocycles. The van der Waals surface area contributed by atoms with E-state index in [-0.39, 0.29) is 5.60 Å². The SMILES string of the molecule is CC#CCOc1nsnc1OC12CCC(CC1)C2. The van der Waals surface area contributed by atoms with Gasteiger partial charge < -0.3 is 9.47 Å². The second-order valence-electron chi connectivity index (χ2n) is 5.02. The lowest BCUT2D eigenvalue weighted by atomic mass is 9.97. The number of hydrogen-bond acceptors (Lipinski definition) is 5. The summed E-state index contributed by atoms with van der Waals surface area (Å²) in [5.41, 5.74) is 0.00889. The Balaban J connectivity index is 1.68. The van der Waals surface area contributed by atoms with Crippen LogP contribution in [0.5, 0.6) is 11.8 Å². The van der Waals surface area contributed by atoms with Crippen molar-refractivity contribution in [3.05, 3.63) is 0 Å². The van der Waals surface area contributed by atoms with Gasteiger partial charge in [0.2, 0.25) is 0 Å². The zero-order valence-electron chi connectivity index (χ0n) is 10.4. The van der Waals surface area contributed by atoms with Gasteiger partial charge in [-0.3, -0.25) is 0 Å². The molecule has 0 unspecified atom stereocenters. The van der Waals surface area contributed by atoms with E-state index >= 15 is 0 Å². The van der Waals surface area contributed by atoms with Gasteiger partial charge in [-0.25, -0.2) is 0 Å². The van der Waals surface area contributed by atoms with Crippen LogP contribution >= 0.6 is 11.7 Å². The summed E-state index contributed by atoms with van der Waals surface area (Å²) >= 11 is 1.13. The number of nitrogens with zero attached hydrogens (tertiary/aromatic N) is 2. The molecule has 0 radical (unpaired) electrons. The Hall–Kier alpha value is -1.28. The molecule has 2 bridgehead atoms. The average molecular weight is 264 g/mol. The van der Waals surface area contributed by atoms with E-state index in [9.17, 15) is 0 Å². The van der Waals surface area contributed by atoms with Crippen LogP contribution in [0.4, 0.5) is 0 Å². The van der Waals surface area contributed by atoms with Crippen molar-refractivity contribution in [2.75, 3.05) is 6.61 Å². The molecule has 2 fully saturated rings. The maximum absolute atomic E-state index is 6.12. The van der Waals surface area contributed by atoms with Gasteiger partial charge in [0.15, 0.2) is 6.61 Å². The first-order chi connectivity index (χ1) is 8.81. The first-order valence-corrected chi connectivity index (χ1v) is 7.08. The minimum atomic E-state index is 0.00889. The Morgan fingerprint density at radius 2 is 2.11 bits per heavy atom. The molecule has 1 aromatic heterocycles. The fourth-order valence-electron chi connectivity index (χ4n) is 2.99. The van der Waals surface area contributed by atoms with E-state index in [2.05, 4.69) is 20.6 Å². The van der Waals surface area contributed by atoms with Crippen molar-refractivity contribution < 1.29 is 9.47 Å². The van der Waals surface area contributed by atoms with Crippen LogP contribution in [0.1, 0.15) is 39.0 Å². The summed E-state index contributed by atoms with van der Waals surface area (Å²) in [6.45, 7) is 2.13. The molecular weight excluding hydrogens is 248 g/mol. The minimum absolute atomic E-state index is 0.00889. The molecule has 5 heteroatoms. The van der Waals surface area contributed by atoms with Gasteiger partial charge >= 0.3 is 0 Å². The molecular formula is C13H16N2O2S. The summed E-state index contributed by atoms with van der Waals surface area (Å²) in [7, 11) is 0. The molecule has 4 nitrogen and oxygen atoms in total. The topological polar surface area (TPSA) is 44.2 Å². The molecule has 0 aromatic carbocycles. The number of fused-ring (bicyclic) bond motifs is 2. The fraction of sp³-hybridized carbons (Fsp3) is 0.692. The summed E-state index contributed by atoms with van der Waals surface area (Å²) < 4.78 is 19.9. The highest BCUT2D eigenvalue weighted by Gasteiger charge is 2.47. The van der Waals surface area contributed by atoms with E-state index < -0.39 is 0 Å². The molecule has 3 rings (SSSR count). The molecule has 0 aliphatic heterocycles. The summed E-state index contributed by atoms with van der Waals surface area (Å²) in [4.78, 5) is 0. The minimum Gasteiger partial charge on any atom is -0.467 e. The van der Waals surface area contributed by atoms with Crippen molar-refractivity contribution in [3.8, 4) is 23.6 Å². The largest absolute Gasteiger partial charge is 0.467 e. The normalized spacial score (nSPS) is 28.8. The third-order valence-electron chi connectivity index (χ3n) is 3.88. The van der Waals surface area contributed by atoms with Crippen LogP contribution in [0, 0.1) is 17.8 Å². The lowest BCUT2D eigenvalue weighted by Gasteiger charge is -2.26. The van der Waals surface area contributed by atoms with Gasteiger partial charge in [0, 0.05) is 0 Å². The molecule has 2 aliphatic rings. The van der Waals surface area contributed by atoms with Gasteiger partial charge in [0.05, 0.1) is 11.7 Å². The smallest absolute Gasteiger partial charge is 0.292 e. The number of ether oxygens (including phenoxy) is 2. The van der Waals surface area contributed by atoms with Crippen LogP contribution in [0.25, 0.3) is 0 Å². The van der Waals surface area contributed by atoms with Crippen molar-refractivity contribution in [3.63, 3.8) is 0 Å². The molecule has 1 heterocycles. The molecule has 1 aromatic rings. The molecule has 18 heavy (non-hydrogen) atoms. The fourth-order valence-corrected chi connectivity index (χ4v) is 3.42. The number of hydrogen-bond donors (Lipinski definition) is 0. The number of aromatic nitrogens is 2.